The Hall–Kier alpha value is -2.00. The second-order valence-electron chi connectivity index (χ2n) is 12.2. The van der Waals surface area contributed by atoms with Gasteiger partial charge in [-0.3, -0.25) is 19.2 Å². The number of fused-ring (bicyclic) bond motifs is 3. The molecule has 0 amide bonds. The lowest BCUT2D eigenvalue weighted by Crippen LogP contribution is -2.70. The molecule has 7 rings (SSSR count). The van der Waals surface area contributed by atoms with Crippen LogP contribution in [-0.4, -0.2) is 60.5 Å². The lowest BCUT2D eigenvalue weighted by atomic mass is 9.41. The van der Waals surface area contributed by atoms with E-state index in [9.17, 15) is 19.2 Å². The Morgan fingerprint density at radius 1 is 0.944 bits per heavy atom. The molecule has 0 aromatic heterocycles. The number of carbonyl (C=O) groups excluding carboxylic acids is 4. The summed E-state index contributed by atoms with van der Waals surface area (Å²) < 4.78 is 30.3. The first-order valence-corrected chi connectivity index (χ1v) is 13.3. The van der Waals surface area contributed by atoms with Crippen LogP contribution in [-0.2, 0) is 42.9 Å². The van der Waals surface area contributed by atoms with Crippen LogP contribution in [0.15, 0.2) is 0 Å². The number of ketones is 1. The summed E-state index contributed by atoms with van der Waals surface area (Å²) in [6.45, 7) is 6.35. The molecule has 0 N–H and O–H groups in total. The van der Waals surface area contributed by atoms with E-state index in [0.29, 0.717) is 32.3 Å². The van der Waals surface area contributed by atoms with Gasteiger partial charge in [-0.1, -0.05) is 0 Å². The van der Waals surface area contributed by atoms with Crippen LogP contribution in [0.4, 0.5) is 0 Å². The molecule has 4 unspecified atom stereocenters. The van der Waals surface area contributed by atoms with Crippen molar-refractivity contribution in [2.24, 2.45) is 34.5 Å². The zero-order valence-corrected chi connectivity index (χ0v) is 21.5. The summed E-state index contributed by atoms with van der Waals surface area (Å²) in [7, 11) is 0. The third-order valence-corrected chi connectivity index (χ3v) is 10.7. The Morgan fingerprint density at radius 3 is 2.33 bits per heavy atom. The molecule has 36 heavy (non-hydrogen) atoms. The number of carbonyl (C=O) groups is 4. The average molecular weight is 505 g/mol. The summed E-state index contributed by atoms with van der Waals surface area (Å²) in [5.41, 5.74) is -1.51. The molecule has 0 aromatic carbocycles. The molecule has 3 saturated heterocycles. The van der Waals surface area contributed by atoms with Crippen molar-refractivity contribution in [3.63, 3.8) is 0 Å². The summed E-state index contributed by atoms with van der Waals surface area (Å²) >= 11 is 0. The van der Waals surface area contributed by atoms with Crippen molar-refractivity contribution in [2.45, 2.75) is 96.2 Å². The van der Waals surface area contributed by atoms with Crippen LogP contribution >= 0.6 is 0 Å². The van der Waals surface area contributed by atoms with Gasteiger partial charge in [0.2, 0.25) is 5.79 Å². The topological polar surface area (TPSA) is 118 Å². The lowest BCUT2D eigenvalue weighted by Gasteiger charge is -2.67. The lowest BCUT2D eigenvalue weighted by molar-refractivity contribution is -0.345. The molecule has 0 aromatic rings. The Bertz CT molecular complexity index is 1010. The monoisotopic (exact) mass is 504 g/mol. The highest BCUT2D eigenvalue weighted by molar-refractivity contribution is 5.81. The zero-order valence-electron chi connectivity index (χ0n) is 21.5. The van der Waals surface area contributed by atoms with Crippen molar-refractivity contribution in [3.8, 4) is 0 Å². The Labute approximate surface area is 210 Å². The fourth-order valence-corrected chi connectivity index (χ4v) is 9.72. The number of hydrogen-bond donors (Lipinski definition) is 0. The van der Waals surface area contributed by atoms with E-state index in [1.807, 2.05) is 0 Å². The number of Topliss-reactive ketones (excluding diaryl/α,β-unsaturated/α-hetero) is 1. The van der Waals surface area contributed by atoms with E-state index < -0.39 is 28.9 Å². The molecule has 3 aliphatic heterocycles. The second kappa shape index (κ2) is 7.76. The van der Waals surface area contributed by atoms with Crippen LogP contribution in [0.3, 0.4) is 0 Å². The fraction of sp³-hybridized carbons (Fsp3) is 0.852. The first-order chi connectivity index (χ1) is 17.0. The third kappa shape index (κ3) is 3.08. The molecule has 9 heteroatoms. The van der Waals surface area contributed by atoms with Gasteiger partial charge in [0.1, 0.15) is 24.1 Å². The Balaban J connectivity index is 1.42. The van der Waals surface area contributed by atoms with Crippen LogP contribution in [0, 0.1) is 34.5 Å². The molecule has 10 atom stereocenters. The SMILES string of the molecule is CC(=O)OC[C@]12CC(OC(C)=O)[C@H]3[C@@H](CCC4CC5(OC(C)=O)CC[C@@]43CO5)[C@@]13OC3C[C@@H]2C(C)=O. The van der Waals surface area contributed by atoms with Gasteiger partial charge in [0.15, 0.2) is 0 Å². The van der Waals surface area contributed by atoms with Crippen LogP contribution in [0.1, 0.15) is 72.6 Å². The minimum absolute atomic E-state index is 0.00283. The summed E-state index contributed by atoms with van der Waals surface area (Å²) in [5.74, 6) is -1.87. The minimum Gasteiger partial charge on any atom is -0.465 e. The number of ether oxygens (including phenoxy) is 5. The highest BCUT2D eigenvalue weighted by atomic mass is 16.7. The van der Waals surface area contributed by atoms with Gasteiger partial charge >= 0.3 is 17.9 Å². The number of rotatable bonds is 5. The smallest absolute Gasteiger partial charge is 0.305 e. The van der Waals surface area contributed by atoms with Crippen LogP contribution in [0.5, 0.6) is 0 Å². The van der Waals surface area contributed by atoms with Crippen molar-refractivity contribution in [1.29, 1.82) is 0 Å². The van der Waals surface area contributed by atoms with Crippen LogP contribution in [0.2, 0.25) is 0 Å². The van der Waals surface area contributed by atoms with Crippen LogP contribution in [0.25, 0.3) is 0 Å². The first kappa shape index (κ1) is 24.3. The molecule has 2 bridgehead atoms. The van der Waals surface area contributed by atoms with Gasteiger partial charge in [0.05, 0.1) is 12.7 Å². The van der Waals surface area contributed by atoms with Gasteiger partial charge in [0, 0.05) is 56.3 Å². The summed E-state index contributed by atoms with van der Waals surface area (Å²) in [6, 6.07) is 0. The molecule has 2 spiro atoms. The largest absolute Gasteiger partial charge is 0.465 e. The fourth-order valence-electron chi connectivity index (χ4n) is 9.72. The van der Waals surface area contributed by atoms with Gasteiger partial charge in [-0.05, 0) is 50.9 Å². The van der Waals surface area contributed by atoms with E-state index in [-0.39, 0.29) is 59.5 Å². The average Bonchev–Trinajstić information content (AvgIpc) is 3.45. The van der Waals surface area contributed by atoms with Crippen molar-refractivity contribution < 1.29 is 42.9 Å². The third-order valence-electron chi connectivity index (χ3n) is 10.7. The molecule has 7 fully saturated rings. The Kier molecular flexibility index (Phi) is 5.25. The van der Waals surface area contributed by atoms with E-state index in [0.717, 1.165) is 19.3 Å². The minimum atomic E-state index is -0.861. The standard InChI is InChI=1S/C27H36O9/c1-14(28)20-9-22-27(36-22)19-6-5-18-10-26(35-17(4)31)8-7-24(18,12-33-26)23(19)21(34-16(3)30)11-25(20,27)13-32-15(2)29/h18-23H,5-13H2,1-4H3/t18?,19-,20-,21?,22?,23-,24-,25+,26?,27+/m1/s1. The van der Waals surface area contributed by atoms with Gasteiger partial charge in [0.25, 0.3) is 0 Å². The zero-order chi connectivity index (χ0) is 25.7. The maximum atomic E-state index is 12.9. The highest BCUT2D eigenvalue weighted by Gasteiger charge is 2.85. The van der Waals surface area contributed by atoms with E-state index in [1.165, 1.54) is 20.8 Å². The quantitative estimate of drug-likeness (QED) is 0.316. The van der Waals surface area contributed by atoms with Gasteiger partial charge in [-0.2, -0.15) is 0 Å². The molecular formula is C27H36O9. The number of esters is 3. The maximum Gasteiger partial charge on any atom is 0.305 e. The molecule has 3 heterocycles. The van der Waals surface area contributed by atoms with Crippen molar-refractivity contribution >= 4 is 23.7 Å². The van der Waals surface area contributed by atoms with Gasteiger partial charge < -0.3 is 23.7 Å². The van der Waals surface area contributed by atoms with E-state index in [1.54, 1.807) is 6.92 Å². The first-order valence-electron chi connectivity index (χ1n) is 13.3. The van der Waals surface area contributed by atoms with Crippen molar-refractivity contribution in [1.82, 2.24) is 0 Å². The summed E-state index contributed by atoms with van der Waals surface area (Å²) in [4.78, 5) is 49.0. The highest BCUT2D eigenvalue weighted by Crippen LogP contribution is 2.78. The van der Waals surface area contributed by atoms with Crippen LogP contribution < -0.4 is 0 Å². The summed E-state index contributed by atoms with van der Waals surface area (Å²) in [5, 5.41) is 0. The van der Waals surface area contributed by atoms with E-state index >= 15 is 0 Å². The Morgan fingerprint density at radius 2 is 1.72 bits per heavy atom. The molecule has 9 nitrogen and oxygen atoms in total. The summed E-state index contributed by atoms with van der Waals surface area (Å²) in [6.07, 6.45) is 4.39. The predicted molar refractivity (Wildman–Crippen MR) is 122 cm³/mol. The predicted octanol–water partition coefficient (Wildman–Crippen LogP) is 2.72. The van der Waals surface area contributed by atoms with Crippen molar-refractivity contribution in [2.75, 3.05) is 13.2 Å². The molecule has 4 saturated carbocycles. The van der Waals surface area contributed by atoms with E-state index in [4.69, 9.17) is 23.7 Å². The molecule has 198 valence electrons. The normalized spacial score (nSPS) is 49.6. The number of epoxide rings is 1. The van der Waals surface area contributed by atoms with E-state index in [2.05, 4.69) is 0 Å². The second-order valence-corrected chi connectivity index (χ2v) is 12.2. The van der Waals surface area contributed by atoms with Gasteiger partial charge in [-0.15, -0.1) is 0 Å². The van der Waals surface area contributed by atoms with Crippen molar-refractivity contribution in [3.05, 3.63) is 0 Å². The molecule has 0 radical (unpaired) electrons. The molecule has 4 aliphatic carbocycles. The maximum absolute atomic E-state index is 12.9. The molecular weight excluding hydrogens is 468 g/mol. The number of hydrogen-bond acceptors (Lipinski definition) is 9. The van der Waals surface area contributed by atoms with Gasteiger partial charge in [-0.25, -0.2) is 0 Å². The molecule has 7 aliphatic rings.